The first-order valence-corrected chi connectivity index (χ1v) is 5.63. The molecule has 2 aromatic rings. The monoisotopic (exact) mass is 233 g/mol. The van der Waals surface area contributed by atoms with Crippen LogP contribution in [0.15, 0.2) is 36.7 Å². The van der Waals surface area contributed by atoms with Gasteiger partial charge in [-0.3, -0.25) is 4.68 Å². The molecule has 0 amide bonds. The van der Waals surface area contributed by atoms with E-state index in [-0.39, 0.29) is 11.9 Å². The number of rotatable bonds is 4. The largest absolute Gasteiger partial charge is 0.313 e. The average Bonchev–Trinajstić information content (AvgIpc) is 2.80. The van der Waals surface area contributed by atoms with Crippen LogP contribution in [0.25, 0.3) is 0 Å². The van der Waals surface area contributed by atoms with Crippen LogP contribution in [-0.4, -0.2) is 16.8 Å². The maximum Gasteiger partial charge on any atom is 0.123 e. The summed E-state index contributed by atoms with van der Waals surface area (Å²) in [5, 5.41) is 7.45. The molecule has 0 spiro atoms. The summed E-state index contributed by atoms with van der Waals surface area (Å²) < 4.78 is 14.6. The summed E-state index contributed by atoms with van der Waals surface area (Å²) in [7, 11) is 1.92. The zero-order valence-electron chi connectivity index (χ0n) is 10.0. The molecule has 0 aliphatic heterocycles. The number of hydrogen-bond acceptors (Lipinski definition) is 2. The van der Waals surface area contributed by atoms with Crippen molar-refractivity contribution in [2.24, 2.45) is 0 Å². The van der Waals surface area contributed by atoms with Crippen LogP contribution in [-0.2, 0) is 6.54 Å². The minimum atomic E-state index is -0.210. The van der Waals surface area contributed by atoms with E-state index < -0.39 is 0 Å². The Balaban J connectivity index is 2.08. The number of nitrogens with zero attached hydrogens (tertiary/aromatic N) is 2. The fraction of sp³-hybridized carbons (Fsp3) is 0.308. The van der Waals surface area contributed by atoms with Crippen molar-refractivity contribution in [2.45, 2.75) is 19.5 Å². The van der Waals surface area contributed by atoms with E-state index in [4.69, 9.17) is 0 Å². The van der Waals surface area contributed by atoms with Gasteiger partial charge in [0.15, 0.2) is 0 Å². The van der Waals surface area contributed by atoms with Gasteiger partial charge in [0, 0.05) is 17.8 Å². The molecule has 17 heavy (non-hydrogen) atoms. The minimum absolute atomic E-state index is 0.210. The van der Waals surface area contributed by atoms with Crippen molar-refractivity contribution in [3.05, 3.63) is 53.6 Å². The van der Waals surface area contributed by atoms with Gasteiger partial charge in [-0.15, -0.1) is 0 Å². The highest BCUT2D eigenvalue weighted by molar-refractivity contribution is 5.17. The molecule has 0 aliphatic rings. The predicted octanol–water partition coefficient (Wildman–Crippen LogP) is 2.35. The van der Waals surface area contributed by atoms with E-state index in [0.29, 0.717) is 6.54 Å². The quantitative estimate of drug-likeness (QED) is 0.878. The molecule has 1 heterocycles. The summed E-state index contributed by atoms with van der Waals surface area (Å²) in [6.45, 7) is 2.75. The molecule has 1 N–H and O–H groups in total. The van der Waals surface area contributed by atoms with Crippen molar-refractivity contribution in [1.29, 1.82) is 0 Å². The third kappa shape index (κ3) is 2.91. The second-order valence-corrected chi connectivity index (χ2v) is 4.11. The molecule has 0 aliphatic carbocycles. The van der Waals surface area contributed by atoms with Crippen LogP contribution in [0.4, 0.5) is 4.39 Å². The normalized spacial score (nSPS) is 12.6. The van der Waals surface area contributed by atoms with Gasteiger partial charge in [-0.2, -0.15) is 5.10 Å². The molecule has 1 aromatic heterocycles. The van der Waals surface area contributed by atoms with Crippen LogP contribution in [0.1, 0.15) is 24.1 Å². The minimum Gasteiger partial charge on any atom is -0.313 e. The lowest BCUT2D eigenvalue weighted by Gasteiger charge is -2.06. The Bertz CT molecular complexity index is 476. The maximum atomic E-state index is 12.8. The van der Waals surface area contributed by atoms with E-state index in [0.717, 1.165) is 11.1 Å². The first-order valence-electron chi connectivity index (χ1n) is 5.63. The number of halogens is 1. The van der Waals surface area contributed by atoms with Crippen molar-refractivity contribution in [3.8, 4) is 0 Å². The highest BCUT2D eigenvalue weighted by Crippen LogP contribution is 2.11. The van der Waals surface area contributed by atoms with Gasteiger partial charge < -0.3 is 5.32 Å². The van der Waals surface area contributed by atoms with Crippen molar-refractivity contribution >= 4 is 0 Å². The lowest BCUT2D eigenvalue weighted by Crippen LogP contribution is -2.11. The van der Waals surface area contributed by atoms with E-state index in [1.54, 1.807) is 12.1 Å². The third-order valence-electron chi connectivity index (χ3n) is 2.84. The number of aromatic nitrogens is 2. The summed E-state index contributed by atoms with van der Waals surface area (Å²) in [4.78, 5) is 0. The van der Waals surface area contributed by atoms with Crippen LogP contribution in [0.5, 0.6) is 0 Å². The van der Waals surface area contributed by atoms with Gasteiger partial charge in [-0.25, -0.2) is 4.39 Å². The Morgan fingerprint density at radius 1 is 1.35 bits per heavy atom. The van der Waals surface area contributed by atoms with E-state index in [9.17, 15) is 4.39 Å². The zero-order chi connectivity index (χ0) is 12.3. The van der Waals surface area contributed by atoms with Crippen LogP contribution in [0, 0.1) is 5.82 Å². The summed E-state index contributed by atoms with van der Waals surface area (Å²) >= 11 is 0. The van der Waals surface area contributed by atoms with Crippen LogP contribution in [0.3, 0.4) is 0 Å². The standard InChI is InChI=1S/C13H16FN3/c1-10(15-2)12-7-16-17(9-12)8-11-3-5-13(14)6-4-11/h3-7,9-10,15H,8H2,1-2H3. The number of hydrogen-bond donors (Lipinski definition) is 1. The summed E-state index contributed by atoms with van der Waals surface area (Å²) in [6.07, 6.45) is 3.86. The average molecular weight is 233 g/mol. The molecule has 1 unspecified atom stereocenters. The molecule has 2 rings (SSSR count). The van der Waals surface area contributed by atoms with E-state index >= 15 is 0 Å². The fourth-order valence-electron chi connectivity index (χ4n) is 1.63. The van der Waals surface area contributed by atoms with Gasteiger partial charge in [0.1, 0.15) is 5.82 Å². The third-order valence-corrected chi connectivity index (χ3v) is 2.84. The van der Waals surface area contributed by atoms with Gasteiger partial charge in [-0.05, 0) is 31.7 Å². The molecule has 0 fully saturated rings. The van der Waals surface area contributed by atoms with Crippen molar-refractivity contribution < 1.29 is 4.39 Å². The molecule has 3 nitrogen and oxygen atoms in total. The van der Waals surface area contributed by atoms with Crippen molar-refractivity contribution in [1.82, 2.24) is 15.1 Å². The summed E-state index contributed by atoms with van der Waals surface area (Å²) in [5.41, 5.74) is 2.19. The van der Waals surface area contributed by atoms with E-state index in [1.807, 2.05) is 24.1 Å². The van der Waals surface area contributed by atoms with Crippen molar-refractivity contribution in [2.75, 3.05) is 7.05 Å². The molecule has 0 bridgehead atoms. The molecule has 0 radical (unpaired) electrons. The lowest BCUT2D eigenvalue weighted by molar-refractivity contribution is 0.624. The maximum absolute atomic E-state index is 12.8. The molecular formula is C13H16FN3. The Morgan fingerprint density at radius 3 is 2.71 bits per heavy atom. The lowest BCUT2D eigenvalue weighted by atomic mass is 10.2. The number of nitrogens with one attached hydrogen (secondary N) is 1. The molecule has 0 saturated carbocycles. The van der Waals surface area contributed by atoms with Gasteiger partial charge in [0.25, 0.3) is 0 Å². The molecule has 4 heteroatoms. The zero-order valence-corrected chi connectivity index (χ0v) is 10.0. The second kappa shape index (κ2) is 5.10. The molecule has 0 saturated heterocycles. The van der Waals surface area contributed by atoms with E-state index in [1.165, 1.54) is 12.1 Å². The first-order chi connectivity index (χ1) is 8.19. The van der Waals surface area contributed by atoms with Crippen LogP contribution < -0.4 is 5.32 Å². The topological polar surface area (TPSA) is 29.9 Å². The highest BCUT2D eigenvalue weighted by Gasteiger charge is 2.05. The van der Waals surface area contributed by atoms with Crippen molar-refractivity contribution in [3.63, 3.8) is 0 Å². The number of benzene rings is 1. The Kier molecular flexibility index (Phi) is 3.54. The van der Waals surface area contributed by atoms with Crippen LogP contribution in [0.2, 0.25) is 0 Å². The first kappa shape index (κ1) is 11.8. The predicted molar refractivity (Wildman–Crippen MR) is 65.2 cm³/mol. The Labute approximate surface area is 100 Å². The van der Waals surface area contributed by atoms with Gasteiger partial charge in [0.2, 0.25) is 0 Å². The molecule has 1 aromatic carbocycles. The fourth-order valence-corrected chi connectivity index (χ4v) is 1.63. The molecule has 90 valence electrons. The molecular weight excluding hydrogens is 217 g/mol. The van der Waals surface area contributed by atoms with Gasteiger partial charge >= 0.3 is 0 Å². The van der Waals surface area contributed by atoms with Gasteiger partial charge in [0.05, 0.1) is 12.7 Å². The Hall–Kier alpha value is -1.68. The smallest absolute Gasteiger partial charge is 0.123 e. The van der Waals surface area contributed by atoms with Crippen LogP contribution >= 0.6 is 0 Å². The SMILES string of the molecule is CNC(C)c1cnn(Cc2ccc(F)cc2)c1. The van der Waals surface area contributed by atoms with E-state index in [2.05, 4.69) is 17.3 Å². The summed E-state index contributed by atoms with van der Waals surface area (Å²) in [6, 6.07) is 6.78. The Morgan fingerprint density at radius 2 is 2.06 bits per heavy atom. The highest BCUT2D eigenvalue weighted by atomic mass is 19.1. The van der Waals surface area contributed by atoms with Gasteiger partial charge in [-0.1, -0.05) is 12.1 Å². The second-order valence-electron chi connectivity index (χ2n) is 4.11. The summed E-state index contributed by atoms with van der Waals surface area (Å²) in [5.74, 6) is -0.210. The molecule has 1 atom stereocenters.